The van der Waals surface area contributed by atoms with E-state index < -0.39 is 23.5 Å². The highest BCUT2D eigenvalue weighted by Gasteiger charge is 2.31. The molecule has 0 unspecified atom stereocenters. The third-order valence-corrected chi connectivity index (χ3v) is 2.67. The van der Waals surface area contributed by atoms with Crippen LogP contribution in [0.1, 0.15) is 11.1 Å². The van der Waals surface area contributed by atoms with Crippen LogP contribution in [-0.4, -0.2) is 19.2 Å². The summed E-state index contributed by atoms with van der Waals surface area (Å²) in [4.78, 5) is 3.38. The minimum atomic E-state index is -4.36. The average molecular weight is 353 g/mol. The molecule has 0 radical (unpaired) electrons. The van der Waals surface area contributed by atoms with E-state index in [1.54, 1.807) is 0 Å². The maximum Gasteiger partial charge on any atom is 0.418 e. The van der Waals surface area contributed by atoms with Crippen LogP contribution >= 0.6 is 0 Å². The van der Waals surface area contributed by atoms with Crippen molar-refractivity contribution in [1.29, 1.82) is 0 Å². The summed E-state index contributed by atoms with van der Waals surface area (Å²) in [7, 11) is 2.62. The second kappa shape index (κ2) is 7.89. The Bertz CT molecular complexity index is 597. The lowest BCUT2D eigenvalue weighted by Crippen LogP contribution is -2.05. The average Bonchev–Trinajstić information content (AvgIpc) is 2.54. The lowest BCUT2D eigenvalue weighted by atomic mass is 10.2. The third-order valence-electron chi connectivity index (χ3n) is 2.67. The Labute approximate surface area is 133 Å². The van der Waals surface area contributed by atoms with Gasteiger partial charge in [-0.25, -0.2) is 0 Å². The minimum Gasteiger partial charge on any atom is -0.497 e. The molecule has 0 aliphatic heterocycles. The molecule has 0 aliphatic carbocycles. The topological polar surface area (TPSA) is 31.4 Å². The van der Waals surface area contributed by atoms with Gasteiger partial charge in [0.1, 0.15) is 11.5 Å². The van der Waals surface area contributed by atoms with Gasteiger partial charge < -0.3 is 9.47 Å². The van der Waals surface area contributed by atoms with Crippen LogP contribution in [0.15, 0.2) is 42.7 Å². The Morgan fingerprint density at radius 3 is 1.79 bits per heavy atom. The van der Waals surface area contributed by atoms with Gasteiger partial charge in [0.15, 0.2) is 0 Å². The molecule has 1 aromatic heterocycles. The fraction of sp³-hybridized carbons (Fsp3) is 0.267. The fourth-order valence-corrected chi connectivity index (χ4v) is 1.48. The fourth-order valence-electron chi connectivity index (χ4n) is 1.48. The van der Waals surface area contributed by atoms with E-state index >= 15 is 0 Å². The number of ether oxygens (including phenoxy) is 2. The Hall–Kier alpha value is -2.45. The Morgan fingerprint density at radius 2 is 1.29 bits per heavy atom. The molecule has 2 rings (SSSR count). The molecule has 0 saturated heterocycles. The molecule has 0 fully saturated rings. The number of aromatic nitrogens is 1. The molecular formula is C15H13F6NO2. The lowest BCUT2D eigenvalue weighted by Gasteiger charge is -2.07. The molecule has 0 atom stereocenters. The summed E-state index contributed by atoms with van der Waals surface area (Å²) < 4.78 is 81.4. The summed E-state index contributed by atoms with van der Waals surface area (Å²) in [6.45, 7) is 0. The quantitative estimate of drug-likeness (QED) is 0.725. The Morgan fingerprint density at radius 1 is 0.750 bits per heavy atom. The van der Waals surface area contributed by atoms with Crippen LogP contribution in [-0.2, 0) is 12.4 Å². The zero-order valence-corrected chi connectivity index (χ0v) is 12.6. The minimum absolute atomic E-state index is 0.102. The van der Waals surface area contributed by atoms with Gasteiger partial charge in [-0.05, 0) is 24.3 Å². The maximum atomic E-state index is 12.0. The van der Waals surface area contributed by atoms with Crippen LogP contribution in [0.25, 0.3) is 0 Å². The SMILES string of the molecule is COc1cccc(C(F)(F)F)c1.COc1cncc(C(F)(F)F)c1. The monoisotopic (exact) mass is 353 g/mol. The second-order valence-corrected chi connectivity index (χ2v) is 4.34. The maximum absolute atomic E-state index is 12.0. The molecule has 2 aromatic rings. The molecule has 1 aromatic carbocycles. The van der Waals surface area contributed by atoms with Gasteiger partial charge in [-0.2, -0.15) is 26.3 Å². The van der Waals surface area contributed by atoms with Crippen molar-refractivity contribution in [3.63, 3.8) is 0 Å². The summed E-state index contributed by atoms with van der Waals surface area (Å²) in [5.74, 6) is 0.314. The van der Waals surface area contributed by atoms with Gasteiger partial charge in [0.05, 0.1) is 31.5 Å². The number of benzene rings is 1. The van der Waals surface area contributed by atoms with Crippen LogP contribution in [0.4, 0.5) is 26.3 Å². The molecule has 132 valence electrons. The summed E-state index contributed by atoms with van der Waals surface area (Å²) in [5.41, 5.74) is -1.50. The predicted molar refractivity (Wildman–Crippen MR) is 73.8 cm³/mol. The second-order valence-electron chi connectivity index (χ2n) is 4.34. The number of rotatable bonds is 2. The number of halogens is 6. The normalized spacial score (nSPS) is 11.3. The van der Waals surface area contributed by atoms with Gasteiger partial charge in [-0.1, -0.05) is 6.07 Å². The van der Waals surface area contributed by atoms with Crippen LogP contribution < -0.4 is 9.47 Å². The van der Waals surface area contributed by atoms with Crippen molar-refractivity contribution >= 4 is 0 Å². The predicted octanol–water partition coefficient (Wildman–Crippen LogP) is 4.82. The van der Waals surface area contributed by atoms with Gasteiger partial charge in [0.2, 0.25) is 0 Å². The highest BCUT2D eigenvalue weighted by atomic mass is 19.4. The standard InChI is InChI=1S/C8H7F3O.C7H6F3NO/c1-12-7-4-2-3-6(5-7)8(9,10)11;1-12-6-2-5(3-11-4-6)7(8,9)10/h2-5H,1H3;2-4H,1H3. The Kier molecular flexibility index (Phi) is 6.44. The van der Waals surface area contributed by atoms with Crippen molar-refractivity contribution in [2.45, 2.75) is 12.4 Å². The number of hydrogen-bond donors (Lipinski definition) is 0. The first-order chi connectivity index (χ1) is 11.1. The zero-order chi connectivity index (χ0) is 18.4. The van der Waals surface area contributed by atoms with E-state index in [4.69, 9.17) is 0 Å². The molecule has 3 nitrogen and oxygen atoms in total. The largest absolute Gasteiger partial charge is 0.497 e. The molecule has 1 heterocycles. The molecule has 0 saturated carbocycles. The van der Waals surface area contributed by atoms with Crippen molar-refractivity contribution in [1.82, 2.24) is 4.98 Å². The van der Waals surface area contributed by atoms with Gasteiger partial charge >= 0.3 is 12.4 Å². The van der Waals surface area contributed by atoms with Crippen molar-refractivity contribution in [2.75, 3.05) is 14.2 Å². The molecule has 9 heteroatoms. The molecule has 0 N–H and O–H groups in total. The van der Waals surface area contributed by atoms with Gasteiger partial charge in [0, 0.05) is 6.20 Å². The van der Waals surface area contributed by atoms with E-state index in [1.165, 1.54) is 32.5 Å². The summed E-state index contributed by atoms with van der Waals surface area (Å²) in [6, 6.07) is 5.63. The molecule has 24 heavy (non-hydrogen) atoms. The third kappa shape index (κ3) is 5.98. The molecule has 0 aliphatic rings. The van der Waals surface area contributed by atoms with E-state index in [0.717, 1.165) is 24.4 Å². The van der Waals surface area contributed by atoms with Gasteiger partial charge in [-0.15, -0.1) is 0 Å². The van der Waals surface area contributed by atoms with E-state index in [9.17, 15) is 26.3 Å². The smallest absolute Gasteiger partial charge is 0.418 e. The lowest BCUT2D eigenvalue weighted by molar-refractivity contribution is -0.138. The first kappa shape index (κ1) is 19.6. The molecule has 0 amide bonds. The van der Waals surface area contributed by atoms with Crippen molar-refractivity contribution in [3.8, 4) is 11.5 Å². The molecular weight excluding hydrogens is 340 g/mol. The number of nitrogens with zero attached hydrogens (tertiary/aromatic N) is 1. The van der Waals surface area contributed by atoms with Crippen molar-refractivity contribution in [3.05, 3.63) is 53.9 Å². The van der Waals surface area contributed by atoms with Crippen LogP contribution in [0, 0.1) is 0 Å². The first-order valence-electron chi connectivity index (χ1n) is 6.35. The van der Waals surface area contributed by atoms with E-state index in [-0.39, 0.29) is 11.5 Å². The summed E-state index contributed by atoms with van der Waals surface area (Å²) in [6.07, 6.45) is -6.69. The summed E-state index contributed by atoms with van der Waals surface area (Å²) in [5, 5.41) is 0. The highest BCUT2D eigenvalue weighted by Crippen LogP contribution is 2.31. The van der Waals surface area contributed by atoms with E-state index in [2.05, 4.69) is 14.5 Å². The van der Waals surface area contributed by atoms with E-state index in [0.29, 0.717) is 0 Å². The van der Waals surface area contributed by atoms with Crippen molar-refractivity contribution < 1.29 is 35.8 Å². The number of alkyl halides is 6. The zero-order valence-electron chi connectivity index (χ0n) is 12.6. The van der Waals surface area contributed by atoms with Gasteiger partial charge in [0.25, 0.3) is 0 Å². The van der Waals surface area contributed by atoms with Crippen LogP contribution in [0.3, 0.4) is 0 Å². The van der Waals surface area contributed by atoms with Gasteiger partial charge in [-0.3, -0.25) is 4.98 Å². The summed E-state index contributed by atoms with van der Waals surface area (Å²) >= 11 is 0. The van der Waals surface area contributed by atoms with E-state index in [1.807, 2.05) is 0 Å². The number of hydrogen-bond acceptors (Lipinski definition) is 3. The number of methoxy groups -OCH3 is 2. The van der Waals surface area contributed by atoms with Crippen LogP contribution in [0.2, 0.25) is 0 Å². The number of pyridine rings is 1. The Balaban J connectivity index is 0.000000240. The van der Waals surface area contributed by atoms with Crippen LogP contribution in [0.5, 0.6) is 11.5 Å². The highest BCUT2D eigenvalue weighted by molar-refractivity contribution is 5.30. The first-order valence-corrected chi connectivity index (χ1v) is 6.35. The molecule has 0 spiro atoms. The van der Waals surface area contributed by atoms with Crippen molar-refractivity contribution in [2.24, 2.45) is 0 Å². The molecule has 0 bridgehead atoms.